The number of halogens is 4. The fraction of sp³-hybridized carbons (Fsp3) is 0.213. The van der Waals surface area contributed by atoms with Gasteiger partial charge in [0.1, 0.15) is 0 Å². The molecule has 0 atom stereocenters. The molecule has 0 fully saturated rings. The molecule has 0 bridgehead atoms. The maximum absolute atomic E-state index is 6.93. The predicted octanol–water partition coefficient (Wildman–Crippen LogP) is 6.83. The van der Waals surface area contributed by atoms with Crippen molar-refractivity contribution in [1.82, 2.24) is 0 Å². The van der Waals surface area contributed by atoms with Gasteiger partial charge in [-0.1, -0.05) is 0 Å². The van der Waals surface area contributed by atoms with Gasteiger partial charge in [-0.2, -0.15) is 0 Å². The zero-order valence-corrected chi connectivity index (χ0v) is 36.0. The molecule has 0 unspecified atom stereocenters. The number of rotatable bonds is 4. The van der Waals surface area contributed by atoms with Crippen LogP contribution in [0.5, 0.6) is 0 Å². The standard InChI is InChI=1S/C21H12Cl2.C21H25.C5H5.2ClH.Zr/c22-20-11-3-7-16-14(5-1-9-18(16)20)13-15-6-2-10-19-17(15)8-4-12-21(19)23;1-20(2,3)16-9-7-14-11-15-8-10-17(21(4,5)6)13-19(15)18(14)12-16;1-2-4-5-3-1;;;/h1-12H;7,9-10,12-13H,11H2,1-6H3;1-3H,4H2;2*1H;/q;;;;;+2/p-2. The van der Waals surface area contributed by atoms with E-state index < -0.39 is 21.3 Å². The normalized spacial score (nSPS) is 13.2. The van der Waals surface area contributed by atoms with Gasteiger partial charge in [-0.3, -0.25) is 0 Å². The van der Waals surface area contributed by atoms with E-state index in [2.05, 4.69) is 151 Å². The summed E-state index contributed by atoms with van der Waals surface area (Å²) in [6.07, 6.45) is 9.04. The van der Waals surface area contributed by atoms with Gasteiger partial charge in [-0.25, -0.2) is 0 Å². The van der Waals surface area contributed by atoms with Crippen LogP contribution in [0.2, 0.25) is 10.0 Å². The van der Waals surface area contributed by atoms with Crippen molar-refractivity contribution in [1.29, 1.82) is 0 Å². The molecule has 6 aromatic rings. The Morgan fingerprint density at radius 2 is 1.13 bits per heavy atom. The summed E-state index contributed by atoms with van der Waals surface area (Å²) >= 11 is 10.8. The predicted molar refractivity (Wildman–Crippen MR) is 215 cm³/mol. The summed E-state index contributed by atoms with van der Waals surface area (Å²) in [5.74, 6) is 0. The van der Waals surface area contributed by atoms with E-state index in [4.69, 9.17) is 23.2 Å². The molecule has 2 aliphatic rings. The van der Waals surface area contributed by atoms with Gasteiger partial charge in [0, 0.05) is 0 Å². The van der Waals surface area contributed by atoms with Gasteiger partial charge in [0.25, 0.3) is 0 Å². The van der Waals surface area contributed by atoms with E-state index in [9.17, 15) is 0 Å². The molecule has 8 rings (SSSR count). The van der Waals surface area contributed by atoms with Crippen LogP contribution in [0.15, 0.2) is 125 Å². The van der Waals surface area contributed by atoms with Crippen molar-refractivity contribution in [3.8, 4) is 11.1 Å². The molecule has 0 nitrogen and oxygen atoms in total. The molecule has 0 saturated carbocycles. The van der Waals surface area contributed by atoms with Crippen LogP contribution in [-0.2, 0) is 38.5 Å². The quantitative estimate of drug-likeness (QED) is 0.183. The van der Waals surface area contributed by atoms with Crippen molar-refractivity contribution in [2.75, 3.05) is 0 Å². The summed E-state index contributed by atoms with van der Waals surface area (Å²) < 4.78 is 4.68. The molecular weight excluding hydrogens is 798 g/mol. The molecule has 0 amide bonds. The monoisotopic (exact) mass is 836 g/mol. The Balaban J connectivity index is 0.00000232. The van der Waals surface area contributed by atoms with Crippen LogP contribution in [0.4, 0.5) is 0 Å². The molecule has 52 heavy (non-hydrogen) atoms. The Morgan fingerprint density at radius 3 is 1.67 bits per heavy atom. The minimum absolute atomic E-state index is 0. The van der Waals surface area contributed by atoms with E-state index in [-0.39, 0.29) is 35.6 Å². The van der Waals surface area contributed by atoms with Crippen LogP contribution in [0.25, 0.3) is 32.7 Å². The Labute approximate surface area is 338 Å². The van der Waals surface area contributed by atoms with Crippen LogP contribution in [0.1, 0.15) is 81.3 Å². The summed E-state index contributed by atoms with van der Waals surface area (Å²) in [4.78, 5) is 0. The van der Waals surface area contributed by atoms with Gasteiger partial charge in [-0.05, 0) is 0 Å². The molecule has 6 aromatic carbocycles. The minimum Gasteiger partial charge on any atom is -1.00 e. The first-order valence-electron chi connectivity index (χ1n) is 17.7. The van der Waals surface area contributed by atoms with Crippen LogP contribution in [0.3, 0.4) is 0 Å². The van der Waals surface area contributed by atoms with E-state index in [0.29, 0.717) is 0 Å². The van der Waals surface area contributed by atoms with Gasteiger partial charge in [-0.15, -0.1) is 0 Å². The van der Waals surface area contributed by atoms with Gasteiger partial charge >= 0.3 is 317 Å². The maximum atomic E-state index is 6.93. The molecule has 262 valence electrons. The molecule has 0 spiro atoms. The number of hydrogen-bond acceptors (Lipinski definition) is 0. The second kappa shape index (κ2) is 14.8. The third kappa shape index (κ3) is 6.87. The van der Waals surface area contributed by atoms with Crippen LogP contribution >= 0.6 is 23.2 Å². The summed E-state index contributed by atoms with van der Waals surface area (Å²) in [5.41, 5.74) is 11.3. The molecule has 0 radical (unpaired) electrons. The summed E-state index contributed by atoms with van der Waals surface area (Å²) in [5, 5.41) is 6.19. The molecular formula is C47H42Cl4Zr. The molecule has 5 heteroatoms. The van der Waals surface area contributed by atoms with Gasteiger partial charge < -0.3 is 24.8 Å². The van der Waals surface area contributed by atoms with E-state index in [1.807, 2.05) is 12.1 Å². The van der Waals surface area contributed by atoms with Crippen LogP contribution in [0, 0.1) is 0 Å². The second-order valence-electron chi connectivity index (χ2n) is 16.0. The van der Waals surface area contributed by atoms with Gasteiger partial charge in [0.15, 0.2) is 0 Å². The van der Waals surface area contributed by atoms with E-state index >= 15 is 0 Å². The second-order valence-corrected chi connectivity index (χ2v) is 22.7. The average Bonchev–Trinajstić information content (AvgIpc) is 3.75. The Morgan fingerprint density at radius 1 is 0.596 bits per heavy atom. The third-order valence-corrected chi connectivity index (χ3v) is 18.8. The SMILES string of the molecule is CC(C)(C)c1ccc2c(c1)-c1cc(C(C)(C)C)c[c]([Zr+2]([C]3=CC=CC3)=[C](c3cccc4c(Cl)cccc34)c3cccc4c(Cl)cccc34)c1C2.[Cl-].[Cl-]. The van der Waals surface area contributed by atoms with E-state index in [1.54, 1.807) is 6.55 Å². The Kier molecular flexibility index (Phi) is 11.1. The average molecular weight is 840 g/mol. The van der Waals surface area contributed by atoms with Crippen LogP contribution in [-0.4, -0.2) is 3.21 Å². The molecule has 0 heterocycles. The molecule has 0 N–H and O–H groups in total. The zero-order chi connectivity index (χ0) is 34.9. The van der Waals surface area contributed by atoms with Crippen molar-refractivity contribution < 1.29 is 46.1 Å². The number of hydrogen-bond donors (Lipinski definition) is 0. The van der Waals surface area contributed by atoms with Crippen molar-refractivity contribution in [2.45, 2.75) is 65.2 Å². The van der Waals surface area contributed by atoms with Crippen molar-refractivity contribution in [2.24, 2.45) is 0 Å². The first-order valence-corrected chi connectivity index (χ1v) is 22.1. The fourth-order valence-electron chi connectivity index (χ4n) is 7.89. The molecule has 0 aliphatic heterocycles. The molecule has 0 saturated heterocycles. The first kappa shape index (κ1) is 38.9. The fourth-order valence-corrected chi connectivity index (χ4v) is 16.5. The Hall–Kier alpha value is -2.77. The van der Waals surface area contributed by atoms with E-state index in [0.717, 1.165) is 33.7 Å². The summed E-state index contributed by atoms with van der Waals surface area (Å²) in [6, 6.07) is 38.6. The molecule has 2 aliphatic carbocycles. The topological polar surface area (TPSA) is 0 Å². The zero-order valence-electron chi connectivity index (χ0n) is 30.5. The summed E-state index contributed by atoms with van der Waals surface area (Å²) in [7, 11) is 0. The van der Waals surface area contributed by atoms with Crippen LogP contribution < -0.4 is 28.1 Å². The largest absolute Gasteiger partial charge is 1.00 e. The van der Waals surface area contributed by atoms with Crippen molar-refractivity contribution >= 4 is 51.2 Å². The smallest absolute Gasteiger partial charge is 1.00 e. The van der Waals surface area contributed by atoms with Gasteiger partial charge in [0.2, 0.25) is 0 Å². The number of allylic oxidation sites excluding steroid dienone is 4. The Bertz CT molecular complexity index is 2380. The maximum Gasteiger partial charge on any atom is -1.00 e. The third-order valence-electron chi connectivity index (χ3n) is 10.6. The minimum atomic E-state index is -3.04. The molecule has 0 aromatic heterocycles. The summed E-state index contributed by atoms with van der Waals surface area (Å²) in [6.45, 7) is 14.1. The van der Waals surface area contributed by atoms with Gasteiger partial charge in [0.05, 0.1) is 0 Å². The van der Waals surface area contributed by atoms with E-state index in [1.165, 1.54) is 58.5 Å². The first-order chi connectivity index (χ1) is 23.9. The van der Waals surface area contributed by atoms with Crippen molar-refractivity contribution in [3.63, 3.8) is 0 Å². The number of benzene rings is 6. The number of fused-ring (bicyclic) bond motifs is 5. The van der Waals surface area contributed by atoms with Crippen molar-refractivity contribution in [3.05, 3.63) is 168 Å².